The molecular formula is C29H37F3N4O3. The molecule has 0 bridgehead atoms. The molecule has 0 radical (unpaired) electrons. The number of nitrogens with one attached hydrogen (secondary N) is 2. The smallest absolute Gasteiger partial charge is 0.390 e. The molecule has 1 aromatic heterocycles. The number of benzene rings is 1. The van der Waals surface area contributed by atoms with E-state index in [1.807, 2.05) is 18.2 Å². The van der Waals surface area contributed by atoms with Gasteiger partial charge in [-0.2, -0.15) is 13.2 Å². The lowest BCUT2D eigenvalue weighted by Crippen LogP contribution is -2.46. The third kappa shape index (κ3) is 8.50. The minimum absolute atomic E-state index is 0.0460. The summed E-state index contributed by atoms with van der Waals surface area (Å²) in [6, 6.07) is 10.4. The molecule has 1 aromatic carbocycles. The van der Waals surface area contributed by atoms with Crippen molar-refractivity contribution in [3.63, 3.8) is 0 Å². The average molecular weight is 547 g/mol. The second-order valence-electron chi connectivity index (χ2n) is 10.8. The number of amides is 2. The number of hydrogen-bond donors (Lipinski definition) is 3. The standard InChI is InChI=1S/C29H37F3N4O3/c30-29(31,32)22-7-5-6-21(18-22)27(38)34-19-26(37)35-24-12-17-36(20-24)25-10-14-28(39,15-11-25)13-3-1-8-23-9-2-4-16-33-23/h2,4-7,9,16,18,24-25,39H,1,3,8,10-15,17,19-20H2,(H,34,38)(H,35,37)/t24-,25?,28?/m1/s1. The van der Waals surface area contributed by atoms with E-state index in [0.717, 1.165) is 82.2 Å². The van der Waals surface area contributed by atoms with Crippen LogP contribution in [0.5, 0.6) is 0 Å². The van der Waals surface area contributed by atoms with Crippen molar-refractivity contribution >= 4 is 11.8 Å². The molecule has 1 atom stereocenters. The molecule has 212 valence electrons. The molecule has 1 aliphatic carbocycles. The van der Waals surface area contributed by atoms with Crippen LogP contribution in [0.2, 0.25) is 0 Å². The molecular weight excluding hydrogens is 509 g/mol. The second kappa shape index (κ2) is 12.9. The van der Waals surface area contributed by atoms with Crippen molar-refractivity contribution in [2.75, 3.05) is 19.6 Å². The first-order valence-corrected chi connectivity index (χ1v) is 13.7. The fourth-order valence-corrected chi connectivity index (χ4v) is 5.68. The number of nitrogens with zero attached hydrogens (tertiary/aromatic N) is 2. The maximum Gasteiger partial charge on any atom is 0.416 e. The topological polar surface area (TPSA) is 94.6 Å². The molecule has 3 N–H and O–H groups in total. The summed E-state index contributed by atoms with van der Waals surface area (Å²) in [4.78, 5) is 31.3. The van der Waals surface area contributed by atoms with E-state index in [1.54, 1.807) is 6.20 Å². The molecule has 2 aromatic rings. The molecule has 0 unspecified atom stereocenters. The van der Waals surface area contributed by atoms with E-state index in [0.29, 0.717) is 12.6 Å². The molecule has 39 heavy (non-hydrogen) atoms. The van der Waals surface area contributed by atoms with Gasteiger partial charge in [-0.25, -0.2) is 0 Å². The molecule has 0 spiro atoms. The summed E-state index contributed by atoms with van der Waals surface area (Å²) >= 11 is 0. The Bertz CT molecular complexity index is 1100. The zero-order valence-corrected chi connectivity index (χ0v) is 22.1. The summed E-state index contributed by atoms with van der Waals surface area (Å²) in [6.45, 7) is 1.26. The largest absolute Gasteiger partial charge is 0.416 e. The van der Waals surface area contributed by atoms with Crippen LogP contribution in [0, 0.1) is 0 Å². The Morgan fingerprint density at radius 2 is 1.87 bits per heavy atom. The molecule has 2 heterocycles. The lowest BCUT2D eigenvalue weighted by molar-refractivity contribution is -0.137. The highest BCUT2D eigenvalue weighted by molar-refractivity contribution is 5.96. The van der Waals surface area contributed by atoms with Gasteiger partial charge in [0.2, 0.25) is 5.91 Å². The number of aryl methyl sites for hydroxylation is 1. The monoisotopic (exact) mass is 546 g/mol. The Kier molecular flexibility index (Phi) is 9.61. The summed E-state index contributed by atoms with van der Waals surface area (Å²) in [7, 11) is 0. The maximum atomic E-state index is 12.9. The van der Waals surface area contributed by atoms with Crippen LogP contribution in [0.3, 0.4) is 0 Å². The Balaban J connectivity index is 1.13. The third-order valence-electron chi connectivity index (χ3n) is 7.90. The van der Waals surface area contributed by atoms with E-state index < -0.39 is 23.2 Å². The van der Waals surface area contributed by atoms with Crippen molar-refractivity contribution in [3.8, 4) is 0 Å². The third-order valence-corrected chi connectivity index (χ3v) is 7.90. The molecule has 4 rings (SSSR count). The number of unbranched alkanes of at least 4 members (excludes halogenated alkanes) is 1. The van der Waals surface area contributed by atoms with Crippen LogP contribution in [-0.2, 0) is 17.4 Å². The van der Waals surface area contributed by atoms with Gasteiger partial charge in [0.05, 0.1) is 17.7 Å². The van der Waals surface area contributed by atoms with Gasteiger partial charge in [0.15, 0.2) is 0 Å². The van der Waals surface area contributed by atoms with Crippen LogP contribution in [0.25, 0.3) is 0 Å². The minimum atomic E-state index is -4.54. The summed E-state index contributed by atoms with van der Waals surface area (Å²) in [5.74, 6) is -1.10. The van der Waals surface area contributed by atoms with E-state index in [4.69, 9.17) is 0 Å². The average Bonchev–Trinajstić information content (AvgIpc) is 3.38. The van der Waals surface area contributed by atoms with Crippen molar-refractivity contribution in [1.82, 2.24) is 20.5 Å². The highest BCUT2D eigenvalue weighted by Crippen LogP contribution is 2.35. The Morgan fingerprint density at radius 3 is 2.59 bits per heavy atom. The van der Waals surface area contributed by atoms with E-state index in [9.17, 15) is 27.9 Å². The molecule has 7 nitrogen and oxygen atoms in total. The van der Waals surface area contributed by atoms with E-state index in [1.165, 1.54) is 12.1 Å². The number of hydrogen-bond acceptors (Lipinski definition) is 5. The molecule has 10 heteroatoms. The van der Waals surface area contributed by atoms with Crippen LogP contribution >= 0.6 is 0 Å². The number of aliphatic hydroxyl groups is 1. The van der Waals surface area contributed by atoms with Crippen LogP contribution in [0.15, 0.2) is 48.7 Å². The summed E-state index contributed by atoms with van der Waals surface area (Å²) in [5.41, 5.74) is -0.573. The number of pyridine rings is 1. The van der Waals surface area contributed by atoms with Crippen LogP contribution in [0.4, 0.5) is 13.2 Å². The van der Waals surface area contributed by atoms with Gasteiger partial charge < -0.3 is 15.7 Å². The van der Waals surface area contributed by atoms with Gasteiger partial charge in [0, 0.05) is 42.6 Å². The lowest BCUT2D eigenvalue weighted by atomic mass is 9.78. The first-order chi connectivity index (χ1) is 18.6. The summed E-state index contributed by atoms with van der Waals surface area (Å²) in [6.07, 6.45) is 5.16. The quantitative estimate of drug-likeness (QED) is 0.390. The minimum Gasteiger partial charge on any atom is -0.390 e. The van der Waals surface area contributed by atoms with E-state index >= 15 is 0 Å². The van der Waals surface area contributed by atoms with Gasteiger partial charge in [-0.3, -0.25) is 19.5 Å². The zero-order valence-electron chi connectivity index (χ0n) is 22.1. The highest BCUT2D eigenvalue weighted by Gasteiger charge is 2.37. The predicted octanol–water partition coefficient (Wildman–Crippen LogP) is 4.11. The summed E-state index contributed by atoms with van der Waals surface area (Å²) < 4.78 is 38.6. The van der Waals surface area contributed by atoms with E-state index in [-0.39, 0.29) is 24.1 Å². The first-order valence-electron chi connectivity index (χ1n) is 13.7. The molecule has 1 saturated carbocycles. The van der Waals surface area contributed by atoms with Gasteiger partial charge in [-0.05, 0) is 81.7 Å². The number of likely N-dealkylation sites (tertiary alicyclic amines) is 1. The van der Waals surface area contributed by atoms with Crippen molar-refractivity contribution in [3.05, 3.63) is 65.5 Å². The number of alkyl halides is 3. The normalized spacial score (nSPS) is 23.9. The van der Waals surface area contributed by atoms with Crippen molar-refractivity contribution in [2.45, 2.75) is 81.6 Å². The SMILES string of the molecule is O=C(CNC(=O)c1cccc(C(F)(F)F)c1)N[C@@H]1CCN(C2CCC(O)(CCCCc3ccccn3)CC2)C1. The number of rotatable bonds is 10. The number of halogens is 3. The molecule has 1 saturated heterocycles. The van der Waals surface area contributed by atoms with Crippen LogP contribution < -0.4 is 10.6 Å². The predicted molar refractivity (Wildman–Crippen MR) is 141 cm³/mol. The van der Waals surface area contributed by atoms with Gasteiger partial charge in [-0.1, -0.05) is 18.6 Å². The van der Waals surface area contributed by atoms with Gasteiger partial charge in [-0.15, -0.1) is 0 Å². The second-order valence-corrected chi connectivity index (χ2v) is 10.8. The molecule has 1 aliphatic heterocycles. The molecule has 2 aliphatic rings. The van der Waals surface area contributed by atoms with Crippen LogP contribution in [0.1, 0.15) is 73.0 Å². The lowest BCUT2D eigenvalue weighted by Gasteiger charge is -2.39. The van der Waals surface area contributed by atoms with Crippen molar-refractivity contribution in [2.24, 2.45) is 0 Å². The number of carbonyl (C=O) groups is 2. The van der Waals surface area contributed by atoms with Crippen molar-refractivity contribution < 1.29 is 27.9 Å². The van der Waals surface area contributed by atoms with Crippen molar-refractivity contribution in [1.29, 1.82) is 0 Å². The Morgan fingerprint density at radius 1 is 1.08 bits per heavy atom. The number of aromatic nitrogens is 1. The first kappa shape index (κ1) is 29.0. The molecule has 2 fully saturated rings. The van der Waals surface area contributed by atoms with Crippen LogP contribution in [-0.4, -0.2) is 64.1 Å². The maximum absolute atomic E-state index is 12.9. The Hall–Kier alpha value is -2.98. The fourth-order valence-electron chi connectivity index (χ4n) is 5.68. The van der Waals surface area contributed by atoms with Gasteiger partial charge in [0.25, 0.3) is 5.91 Å². The van der Waals surface area contributed by atoms with Gasteiger partial charge in [0.1, 0.15) is 0 Å². The Labute approximate surface area is 227 Å². The van der Waals surface area contributed by atoms with Gasteiger partial charge >= 0.3 is 6.18 Å². The zero-order chi connectivity index (χ0) is 27.9. The van der Waals surface area contributed by atoms with E-state index in [2.05, 4.69) is 20.5 Å². The number of carbonyl (C=O) groups excluding carboxylic acids is 2. The highest BCUT2D eigenvalue weighted by atomic mass is 19.4. The summed E-state index contributed by atoms with van der Waals surface area (Å²) in [5, 5.41) is 16.4. The fraction of sp³-hybridized carbons (Fsp3) is 0.552. The molecule has 2 amide bonds.